The summed E-state index contributed by atoms with van der Waals surface area (Å²) in [6, 6.07) is 19.2. The molecule has 0 unspecified atom stereocenters. The van der Waals surface area contributed by atoms with Crippen LogP contribution in [0.2, 0.25) is 0 Å². The maximum atomic E-state index is 6.24. The number of nitrogens with zero attached hydrogens (tertiary/aromatic N) is 2. The first-order chi connectivity index (χ1) is 16.2. The molecule has 0 amide bonds. The molecule has 178 valence electrons. The van der Waals surface area contributed by atoms with Crippen molar-refractivity contribution in [2.75, 3.05) is 0 Å². The van der Waals surface area contributed by atoms with E-state index in [-0.39, 0.29) is 12.4 Å². The minimum absolute atomic E-state index is 0. The van der Waals surface area contributed by atoms with E-state index in [0.29, 0.717) is 23.8 Å². The summed E-state index contributed by atoms with van der Waals surface area (Å²) in [6.45, 7) is 0. The fourth-order valence-electron chi connectivity index (χ4n) is 4.89. The lowest BCUT2D eigenvalue weighted by atomic mass is 10.0. The van der Waals surface area contributed by atoms with Gasteiger partial charge in [-0.15, -0.1) is 12.4 Å². The Balaban J connectivity index is 0.00000274. The number of rotatable bonds is 6. The molecule has 5 nitrogen and oxygen atoms in total. The van der Waals surface area contributed by atoms with Crippen molar-refractivity contribution >= 4 is 24.1 Å². The van der Waals surface area contributed by atoms with Gasteiger partial charge in [-0.3, -0.25) is 9.98 Å². The van der Waals surface area contributed by atoms with Gasteiger partial charge < -0.3 is 15.9 Å². The number of amidine groups is 2. The quantitative estimate of drug-likeness (QED) is 0.321. The molecule has 0 bridgehead atoms. The molecule has 3 aromatic rings. The average molecular weight is 477 g/mol. The molecular weight excluding hydrogens is 444 g/mol. The van der Waals surface area contributed by atoms with Gasteiger partial charge in [-0.05, 0) is 37.3 Å². The molecular formula is C28H33ClN4O. The topological polar surface area (TPSA) is 89.9 Å². The molecule has 2 fully saturated rings. The maximum Gasteiger partial charge on any atom is 0.134 e. The molecule has 0 atom stereocenters. The lowest BCUT2D eigenvalue weighted by Crippen LogP contribution is -2.16. The number of hydrogen-bond donors (Lipinski definition) is 2. The standard InChI is InChI=1S/C28H32N4O.ClH/c29-27(31-24-5-1-2-6-24)21-13-9-19(10-14-21)23-17-26(33-18-23)20-11-15-22(16-12-20)28(30)32-25-7-3-4-8-25;/h9-18,24-25H,1-8H2,(H2,29,31)(H2,30,32);1H. The lowest BCUT2D eigenvalue weighted by Gasteiger charge is -2.07. The van der Waals surface area contributed by atoms with Gasteiger partial charge in [0.1, 0.15) is 17.4 Å². The summed E-state index contributed by atoms with van der Waals surface area (Å²) >= 11 is 0. The molecule has 4 N–H and O–H groups in total. The van der Waals surface area contributed by atoms with E-state index in [1.807, 2.05) is 36.4 Å². The highest BCUT2D eigenvalue weighted by Crippen LogP contribution is 2.29. The van der Waals surface area contributed by atoms with E-state index in [1.165, 1.54) is 25.7 Å². The van der Waals surface area contributed by atoms with Crippen LogP contribution < -0.4 is 11.5 Å². The Labute approximate surface area is 207 Å². The van der Waals surface area contributed by atoms with Crippen LogP contribution in [0.3, 0.4) is 0 Å². The smallest absolute Gasteiger partial charge is 0.134 e. The third-order valence-corrected chi connectivity index (χ3v) is 6.87. The zero-order valence-corrected chi connectivity index (χ0v) is 20.3. The van der Waals surface area contributed by atoms with Crippen LogP contribution in [-0.2, 0) is 0 Å². The van der Waals surface area contributed by atoms with Crippen molar-refractivity contribution in [3.05, 3.63) is 72.0 Å². The summed E-state index contributed by atoms with van der Waals surface area (Å²) in [7, 11) is 0. The molecule has 2 aliphatic carbocycles. The molecule has 0 aliphatic heterocycles. The third-order valence-electron chi connectivity index (χ3n) is 6.87. The molecule has 0 radical (unpaired) electrons. The molecule has 1 heterocycles. The Morgan fingerprint density at radius 3 is 1.56 bits per heavy atom. The average Bonchev–Trinajstić information content (AvgIpc) is 3.62. The second-order valence-corrected chi connectivity index (χ2v) is 9.26. The van der Waals surface area contributed by atoms with Crippen LogP contribution in [0, 0.1) is 0 Å². The molecule has 5 rings (SSSR count). The minimum Gasteiger partial charge on any atom is -0.464 e. The van der Waals surface area contributed by atoms with Gasteiger partial charge in [-0.25, -0.2) is 0 Å². The van der Waals surface area contributed by atoms with E-state index in [9.17, 15) is 0 Å². The van der Waals surface area contributed by atoms with Gasteiger partial charge in [0, 0.05) is 22.3 Å². The van der Waals surface area contributed by atoms with Crippen molar-refractivity contribution in [3.8, 4) is 22.5 Å². The van der Waals surface area contributed by atoms with E-state index in [4.69, 9.17) is 25.9 Å². The van der Waals surface area contributed by atoms with Crippen molar-refractivity contribution in [1.29, 1.82) is 0 Å². The molecule has 0 saturated heterocycles. The van der Waals surface area contributed by atoms with Crippen molar-refractivity contribution < 1.29 is 4.42 Å². The first-order valence-corrected chi connectivity index (χ1v) is 12.1. The van der Waals surface area contributed by atoms with Gasteiger partial charge in [-0.1, -0.05) is 74.2 Å². The number of furan rings is 1. The molecule has 6 heteroatoms. The highest BCUT2D eigenvalue weighted by molar-refractivity contribution is 5.98. The third kappa shape index (κ3) is 5.53. The first-order valence-electron chi connectivity index (χ1n) is 12.1. The Bertz CT molecular complexity index is 1050. The monoisotopic (exact) mass is 476 g/mol. The predicted octanol–water partition coefficient (Wildman–Crippen LogP) is 6.33. The van der Waals surface area contributed by atoms with Crippen LogP contribution in [0.1, 0.15) is 62.5 Å². The molecule has 0 spiro atoms. The van der Waals surface area contributed by atoms with Gasteiger partial charge in [0.15, 0.2) is 0 Å². The molecule has 2 aliphatic rings. The highest BCUT2D eigenvalue weighted by atomic mass is 35.5. The van der Waals surface area contributed by atoms with Crippen LogP contribution in [0.4, 0.5) is 0 Å². The Morgan fingerprint density at radius 2 is 1.09 bits per heavy atom. The number of nitrogens with two attached hydrogens (primary N) is 2. The summed E-state index contributed by atoms with van der Waals surface area (Å²) in [4.78, 5) is 9.39. The van der Waals surface area contributed by atoms with Crippen molar-refractivity contribution in [2.45, 2.75) is 63.5 Å². The zero-order valence-electron chi connectivity index (χ0n) is 19.5. The normalized spacial score (nSPS) is 17.8. The van der Waals surface area contributed by atoms with Crippen LogP contribution >= 0.6 is 12.4 Å². The van der Waals surface area contributed by atoms with Crippen molar-refractivity contribution in [1.82, 2.24) is 0 Å². The number of halogens is 1. The summed E-state index contributed by atoms with van der Waals surface area (Å²) in [5.41, 5.74) is 17.5. The fourth-order valence-corrected chi connectivity index (χ4v) is 4.89. The van der Waals surface area contributed by atoms with Gasteiger partial charge in [0.05, 0.1) is 18.3 Å². The van der Waals surface area contributed by atoms with Gasteiger partial charge in [0.2, 0.25) is 0 Å². The molecule has 1 aromatic heterocycles. The summed E-state index contributed by atoms with van der Waals surface area (Å²) in [6.07, 6.45) is 11.4. The first kappa shape index (κ1) is 24.1. The number of hydrogen-bond acceptors (Lipinski definition) is 3. The maximum absolute atomic E-state index is 6.24. The highest BCUT2D eigenvalue weighted by Gasteiger charge is 2.16. The second kappa shape index (κ2) is 10.9. The summed E-state index contributed by atoms with van der Waals surface area (Å²) < 4.78 is 5.87. The van der Waals surface area contributed by atoms with Gasteiger partial charge in [0.25, 0.3) is 0 Å². The van der Waals surface area contributed by atoms with Crippen LogP contribution in [0.15, 0.2) is 75.3 Å². The number of benzene rings is 2. The predicted molar refractivity (Wildman–Crippen MR) is 143 cm³/mol. The second-order valence-electron chi connectivity index (χ2n) is 9.26. The number of aliphatic imine (C=N–C) groups is 2. The van der Waals surface area contributed by atoms with E-state index in [1.54, 1.807) is 6.26 Å². The van der Waals surface area contributed by atoms with Crippen molar-refractivity contribution in [2.24, 2.45) is 21.5 Å². The van der Waals surface area contributed by atoms with Gasteiger partial charge in [-0.2, -0.15) is 0 Å². The van der Waals surface area contributed by atoms with Crippen LogP contribution in [0.5, 0.6) is 0 Å². The van der Waals surface area contributed by atoms with Crippen molar-refractivity contribution in [3.63, 3.8) is 0 Å². The van der Waals surface area contributed by atoms with E-state index in [0.717, 1.165) is 59.3 Å². The minimum atomic E-state index is 0. The van der Waals surface area contributed by atoms with E-state index >= 15 is 0 Å². The van der Waals surface area contributed by atoms with E-state index < -0.39 is 0 Å². The van der Waals surface area contributed by atoms with Crippen LogP contribution in [0.25, 0.3) is 22.5 Å². The Hall–Kier alpha value is -3.05. The Kier molecular flexibility index (Phi) is 7.73. The molecule has 2 saturated carbocycles. The van der Waals surface area contributed by atoms with E-state index in [2.05, 4.69) is 18.2 Å². The summed E-state index contributed by atoms with van der Waals surface area (Å²) in [5.74, 6) is 2.09. The fraction of sp³-hybridized carbons (Fsp3) is 0.357. The van der Waals surface area contributed by atoms with Gasteiger partial charge >= 0.3 is 0 Å². The lowest BCUT2D eigenvalue weighted by molar-refractivity contribution is 0.583. The summed E-state index contributed by atoms with van der Waals surface area (Å²) in [5, 5.41) is 0. The SMILES string of the molecule is Cl.NC(=NC1CCCC1)c1ccc(-c2coc(-c3ccc(C(N)=NC4CCCC4)cc3)c2)cc1. The Morgan fingerprint density at radius 1 is 0.647 bits per heavy atom. The van der Waals surface area contributed by atoms with Crippen LogP contribution in [-0.4, -0.2) is 23.8 Å². The largest absolute Gasteiger partial charge is 0.464 e. The molecule has 2 aromatic carbocycles. The zero-order chi connectivity index (χ0) is 22.6. The molecule has 34 heavy (non-hydrogen) atoms.